The molecule has 0 spiro atoms. The number of ether oxygens (including phenoxy) is 2. The number of likely N-dealkylation sites (tertiary alicyclic amines) is 1. The standard InChI is InChI=1S/C24H26N2O4/c1-15-7-9-18(13-16(15)2)26-23(27)21(22(24(26)28)25-11-5-6-12-25)17-8-10-19(29-3)20(14-17)30-4/h7-10,13-14H,5-6,11-12H2,1-4H3. The van der Waals surface area contributed by atoms with Crippen LogP contribution in [0.1, 0.15) is 29.5 Å². The molecule has 2 aromatic carbocycles. The largest absolute Gasteiger partial charge is 0.493 e. The number of amides is 2. The molecule has 2 amide bonds. The minimum absolute atomic E-state index is 0.269. The first-order chi connectivity index (χ1) is 14.5. The van der Waals surface area contributed by atoms with Crippen molar-refractivity contribution in [2.24, 2.45) is 0 Å². The van der Waals surface area contributed by atoms with Gasteiger partial charge in [0.25, 0.3) is 11.8 Å². The van der Waals surface area contributed by atoms with E-state index in [0.717, 1.165) is 37.1 Å². The fraction of sp³-hybridized carbons (Fsp3) is 0.333. The maximum Gasteiger partial charge on any atom is 0.282 e. The topological polar surface area (TPSA) is 59.1 Å². The number of benzene rings is 2. The smallest absolute Gasteiger partial charge is 0.282 e. The molecule has 2 aromatic rings. The first-order valence-electron chi connectivity index (χ1n) is 10.1. The average Bonchev–Trinajstić information content (AvgIpc) is 3.35. The summed E-state index contributed by atoms with van der Waals surface area (Å²) in [6.45, 7) is 5.53. The zero-order valence-electron chi connectivity index (χ0n) is 17.8. The minimum Gasteiger partial charge on any atom is -0.493 e. The molecule has 0 bridgehead atoms. The molecule has 1 saturated heterocycles. The third-order valence-corrected chi connectivity index (χ3v) is 5.90. The Hall–Kier alpha value is -3.28. The van der Waals surface area contributed by atoms with E-state index < -0.39 is 0 Å². The highest BCUT2D eigenvalue weighted by molar-refractivity contribution is 6.45. The van der Waals surface area contributed by atoms with Crippen LogP contribution >= 0.6 is 0 Å². The number of anilines is 1. The van der Waals surface area contributed by atoms with Crippen LogP contribution in [-0.4, -0.2) is 44.0 Å². The van der Waals surface area contributed by atoms with E-state index in [0.29, 0.717) is 34.0 Å². The molecule has 0 radical (unpaired) electrons. The van der Waals surface area contributed by atoms with Crippen molar-refractivity contribution in [3.8, 4) is 11.5 Å². The monoisotopic (exact) mass is 406 g/mol. The Morgan fingerprint density at radius 1 is 0.800 bits per heavy atom. The lowest BCUT2D eigenvalue weighted by molar-refractivity contribution is -0.120. The minimum atomic E-state index is -0.308. The van der Waals surface area contributed by atoms with Gasteiger partial charge in [-0.25, -0.2) is 4.90 Å². The second-order valence-corrected chi connectivity index (χ2v) is 7.70. The van der Waals surface area contributed by atoms with Gasteiger partial charge < -0.3 is 14.4 Å². The van der Waals surface area contributed by atoms with E-state index in [4.69, 9.17) is 9.47 Å². The quantitative estimate of drug-likeness (QED) is 0.709. The van der Waals surface area contributed by atoms with Gasteiger partial charge in [0.15, 0.2) is 11.5 Å². The molecule has 0 N–H and O–H groups in total. The molecule has 0 aliphatic carbocycles. The Morgan fingerprint density at radius 3 is 2.13 bits per heavy atom. The molecule has 2 heterocycles. The Kier molecular flexibility index (Phi) is 5.24. The van der Waals surface area contributed by atoms with Gasteiger partial charge in [-0.3, -0.25) is 9.59 Å². The van der Waals surface area contributed by atoms with E-state index in [1.165, 1.54) is 4.90 Å². The summed E-state index contributed by atoms with van der Waals surface area (Å²) in [5.74, 6) is 0.521. The van der Waals surface area contributed by atoms with Crippen molar-refractivity contribution in [2.75, 3.05) is 32.2 Å². The van der Waals surface area contributed by atoms with Crippen LogP contribution in [0.2, 0.25) is 0 Å². The van der Waals surface area contributed by atoms with Crippen LogP contribution in [-0.2, 0) is 9.59 Å². The molecule has 2 aliphatic rings. The van der Waals surface area contributed by atoms with Gasteiger partial charge in [0, 0.05) is 13.1 Å². The highest BCUT2D eigenvalue weighted by atomic mass is 16.5. The summed E-state index contributed by atoms with van der Waals surface area (Å²) >= 11 is 0. The molecular weight excluding hydrogens is 380 g/mol. The van der Waals surface area contributed by atoms with Gasteiger partial charge in [0.1, 0.15) is 5.70 Å². The number of aryl methyl sites for hydroxylation is 2. The fourth-order valence-electron chi connectivity index (χ4n) is 4.10. The van der Waals surface area contributed by atoms with E-state index in [1.54, 1.807) is 26.4 Å². The molecule has 0 saturated carbocycles. The van der Waals surface area contributed by atoms with Crippen LogP contribution in [0.15, 0.2) is 42.1 Å². The number of rotatable bonds is 5. The van der Waals surface area contributed by atoms with Gasteiger partial charge in [-0.05, 0) is 67.6 Å². The number of hydrogen-bond donors (Lipinski definition) is 0. The number of methoxy groups -OCH3 is 2. The second-order valence-electron chi connectivity index (χ2n) is 7.70. The molecule has 6 nitrogen and oxygen atoms in total. The summed E-state index contributed by atoms with van der Waals surface area (Å²) in [5, 5.41) is 0. The lowest BCUT2D eigenvalue weighted by atomic mass is 10.0. The van der Waals surface area contributed by atoms with Crippen molar-refractivity contribution < 1.29 is 19.1 Å². The lowest BCUT2D eigenvalue weighted by Crippen LogP contribution is -2.34. The van der Waals surface area contributed by atoms with E-state index in [2.05, 4.69) is 0 Å². The lowest BCUT2D eigenvalue weighted by Gasteiger charge is -2.20. The normalized spacial score (nSPS) is 16.7. The van der Waals surface area contributed by atoms with Gasteiger partial charge in [0.05, 0.1) is 25.5 Å². The van der Waals surface area contributed by atoms with Crippen molar-refractivity contribution in [1.29, 1.82) is 0 Å². The first-order valence-corrected chi connectivity index (χ1v) is 10.1. The fourth-order valence-corrected chi connectivity index (χ4v) is 4.10. The maximum absolute atomic E-state index is 13.6. The summed E-state index contributed by atoms with van der Waals surface area (Å²) in [6.07, 6.45) is 2.02. The molecule has 4 rings (SSSR count). The third-order valence-electron chi connectivity index (χ3n) is 5.90. The number of hydrogen-bond acceptors (Lipinski definition) is 5. The van der Waals surface area contributed by atoms with Crippen LogP contribution in [0.25, 0.3) is 5.57 Å². The van der Waals surface area contributed by atoms with E-state index in [1.807, 2.05) is 43.0 Å². The van der Waals surface area contributed by atoms with Crippen LogP contribution in [0.4, 0.5) is 5.69 Å². The van der Waals surface area contributed by atoms with Gasteiger partial charge >= 0.3 is 0 Å². The van der Waals surface area contributed by atoms with Crippen LogP contribution in [0.5, 0.6) is 11.5 Å². The number of carbonyl (C=O) groups is 2. The van der Waals surface area contributed by atoms with Gasteiger partial charge in [-0.1, -0.05) is 12.1 Å². The molecule has 156 valence electrons. The van der Waals surface area contributed by atoms with E-state index >= 15 is 0 Å². The van der Waals surface area contributed by atoms with Gasteiger partial charge in [-0.15, -0.1) is 0 Å². The highest BCUT2D eigenvalue weighted by Gasteiger charge is 2.43. The van der Waals surface area contributed by atoms with Crippen molar-refractivity contribution in [1.82, 2.24) is 4.90 Å². The number of imide groups is 1. The highest BCUT2D eigenvalue weighted by Crippen LogP contribution is 2.39. The molecule has 2 aliphatic heterocycles. The third kappa shape index (κ3) is 3.22. The van der Waals surface area contributed by atoms with Crippen molar-refractivity contribution >= 4 is 23.1 Å². The predicted octanol–water partition coefficient (Wildman–Crippen LogP) is 3.70. The first kappa shape index (κ1) is 20.0. The van der Waals surface area contributed by atoms with E-state index in [9.17, 15) is 9.59 Å². The number of nitrogens with zero attached hydrogens (tertiary/aromatic N) is 2. The zero-order chi connectivity index (χ0) is 21.4. The van der Waals surface area contributed by atoms with Crippen molar-refractivity contribution in [2.45, 2.75) is 26.7 Å². The zero-order valence-corrected chi connectivity index (χ0v) is 17.8. The molecule has 30 heavy (non-hydrogen) atoms. The molecule has 1 fully saturated rings. The van der Waals surface area contributed by atoms with Crippen LogP contribution in [0.3, 0.4) is 0 Å². The van der Waals surface area contributed by atoms with E-state index in [-0.39, 0.29) is 11.8 Å². The summed E-state index contributed by atoms with van der Waals surface area (Å²) in [5.41, 5.74) is 4.30. The molecule has 6 heteroatoms. The molecule has 0 aromatic heterocycles. The Labute approximate surface area is 176 Å². The predicted molar refractivity (Wildman–Crippen MR) is 116 cm³/mol. The maximum atomic E-state index is 13.6. The summed E-state index contributed by atoms with van der Waals surface area (Å²) in [4.78, 5) is 30.4. The van der Waals surface area contributed by atoms with Gasteiger partial charge in [-0.2, -0.15) is 0 Å². The molecule has 0 atom stereocenters. The SMILES string of the molecule is COc1ccc(C2=C(N3CCCC3)C(=O)N(c3ccc(C)c(C)c3)C2=O)cc1OC. The summed E-state index contributed by atoms with van der Waals surface area (Å²) < 4.78 is 10.8. The van der Waals surface area contributed by atoms with Crippen LogP contribution < -0.4 is 14.4 Å². The summed E-state index contributed by atoms with van der Waals surface area (Å²) in [7, 11) is 3.12. The molecular formula is C24H26N2O4. The Bertz CT molecular complexity index is 1050. The van der Waals surface area contributed by atoms with Crippen molar-refractivity contribution in [3.63, 3.8) is 0 Å². The van der Waals surface area contributed by atoms with Gasteiger partial charge in [0.2, 0.25) is 0 Å². The summed E-state index contributed by atoms with van der Waals surface area (Å²) in [6, 6.07) is 11.0. The average molecular weight is 406 g/mol. The van der Waals surface area contributed by atoms with Crippen molar-refractivity contribution in [3.05, 3.63) is 58.8 Å². The number of carbonyl (C=O) groups excluding carboxylic acids is 2. The Morgan fingerprint density at radius 2 is 1.50 bits per heavy atom. The second kappa shape index (κ2) is 7.86. The molecule has 0 unspecified atom stereocenters. The van der Waals surface area contributed by atoms with Crippen LogP contribution in [0, 0.1) is 13.8 Å². The Balaban J connectivity index is 1.85.